The maximum Gasteiger partial charge on any atom is 0.335 e. The van der Waals surface area contributed by atoms with Crippen LogP contribution < -0.4 is 5.32 Å². The van der Waals surface area contributed by atoms with Crippen LogP contribution in [0.1, 0.15) is 26.3 Å². The van der Waals surface area contributed by atoms with E-state index in [2.05, 4.69) is 5.32 Å². The van der Waals surface area contributed by atoms with Crippen molar-refractivity contribution in [3.8, 4) is 0 Å². The molecule has 0 saturated heterocycles. The highest BCUT2D eigenvalue weighted by atomic mass is 35.5. The number of halogens is 2. The van der Waals surface area contributed by atoms with Crippen LogP contribution in [0.15, 0.2) is 42.0 Å². The normalized spacial score (nSPS) is 15.2. The van der Waals surface area contributed by atoms with Crippen molar-refractivity contribution in [3.63, 3.8) is 0 Å². The third-order valence-electron chi connectivity index (χ3n) is 3.50. The first-order valence-electron chi connectivity index (χ1n) is 6.77. The highest BCUT2D eigenvalue weighted by molar-refractivity contribution is 6.42. The van der Waals surface area contributed by atoms with Crippen molar-refractivity contribution in [2.24, 2.45) is 0 Å². The van der Waals surface area contributed by atoms with Crippen molar-refractivity contribution in [2.75, 3.05) is 5.32 Å². The van der Waals surface area contributed by atoms with Crippen LogP contribution in [0, 0.1) is 0 Å². The first kappa shape index (κ1) is 16.2. The Kier molecular flexibility index (Phi) is 4.13. The van der Waals surface area contributed by atoms with Gasteiger partial charge in [0.1, 0.15) is 0 Å². The van der Waals surface area contributed by atoms with Crippen molar-refractivity contribution >= 4 is 52.6 Å². The molecule has 0 radical (unpaired) electrons. The van der Waals surface area contributed by atoms with E-state index in [9.17, 15) is 14.4 Å². The van der Waals surface area contributed by atoms with Gasteiger partial charge in [-0.2, -0.15) is 0 Å². The quantitative estimate of drug-likeness (QED) is 0.627. The summed E-state index contributed by atoms with van der Waals surface area (Å²) in [6, 6.07) is 8.65. The molecule has 2 N–H and O–H groups in total. The highest BCUT2D eigenvalue weighted by Gasteiger charge is 2.29. The SMILES string of the molecule is O=C1Nc2ccc(C(=O)O)cc2C(=O)C1=Cc1ccc(Cl)c(Cl)c1. The lowest BCUT2D eigenvalue weighted by molar-refractivity contribution is -0.112. The monoisotopic (exact) mass is 361 g/mol. The van der Waals surface area contributed by atoms with Crippen LogP contribution in [0.4, 0.5) is 5.69 Å². The molecule has 1 aliphatic rings. The van der Waals surface area contributed by atoms with Crippen LogP contribution >= 0.6 is 23.2 Å². The van der Waals surface area contributed by atoms with Crippen molar-refractivity contribution in [3.05, 3.63) is 68.7 Å². The lowest BCUT2D eigenvalue weighted by atomic mass is 9.94. The second-order valence-corrected chi connectivity index (χ2v) is 5.89. The lowest BCUT2D eigenvalue weighted by Gasteiger charge is -2.18. The molecule has 5 nitrogen and oxygen atoms in total. The predicted octanol–water partition coefficient (Wildman–Crippen LogP) is 3.91. The number of ketones is 1. The molecule has 0 saturated carbocycles. The molecule has 0 aromatic heterocycles. The summed E-state index contributed by atoms with van der Waals surface area (Å²) in [5.74, 6) is -2.28. The van der Waals surface area contributed by atoms with Crippen molar-refractivity contribution in [2.45, 2.75) is 0 Å². The van der Waals surface area contributed by atoms with Crippen LogP contribution in [0.2, 0.25) is 10.0 Å². The summed E-state index contributed by atoms with van der Waals surface area (Å²) in [5, 5.41) is 12.3. The summed E-state index contributed by atoms with van der Waals surface area (Å²) >= 11 is 11.8. The number of carbonyl (C=O) groups is 3. The van der Waals surface area contributed by atoms with Gasteiger partial charge in [-0.1, -0.05) is 29.3 Å². The highest BCUT2D eigenvalue weighted by Crippen LogP contribution is 2.29. The van der Waals surface area contributed by atoms with E-state index >= 15 is 0 Å². The van der Waals surface area contributed by atoms with E-state index in [4.69, 9.17) is 28.3 Å². The maximum absolute atomic E-state index is 12.6. The van der Waals surface area contributed by atoms with Gasteiger partial charge in [0, 0.05) is 5.56 Å². The minimum atomic E-state index is -1.16. The van der Waals surface area contributed by atoms with E-state index in [1.54, 1.807) is 12.1 Å². The van der Waals surface area contributed by atoms with Gasteiger partial charge < -0.3 is 10.4 Å². The zero-order chi connectivity index (χ0) is 17.4. The van der Waals surface area contributed by atoms with Crippen LogP contribution in [0.3, 0.4) is 0 Å². The number of hydrogen-bond acceptors (Lipinski definition) is 3. The van der Waals surface area contributed by atoms with E-state index in [0.717, 1.165) is 0 Å². The standard InChI is InChI=1S/C17H9Cl2NO4/c18-12-3-1-8(6-13(12)19)5-11-15(21)10-7-9(17(23)24)2-4-14(10)20-16(11)22/h1-7H,(H,20,22)(H,23,24). The predicted molar refractivity (Wildman–Crippen MR) is 90.8 cm³/mol. The number of rotatable bonds is 2. The van der Waals surface area contributed by atoms with Gasteiger partial charge in [-0.05, 0) is 42.0 Å². The molecule has 0 unspecified atom stereocenters. The topological polar surface area (TPSA) is 83.5 Å². The van der Waals surface area contributed by atoms with Crippen LogP contribution in [0.25, 0.3) is 6.08 Å². The van der Waals surface area contributed by atoms with Gasteiger partial charge in [0.05, 0.1) is 26.9 Å². The third-order valence-corrected chi connectivity index (χ3v) is 4.24. The van der Waals surface area contributed by atoms with Crippen LogP contribution in [-0.4, -0.2) is 22.8 Å². The number of carboxylic acid groups (broad SMARTS) is 1. The number of amides is 1. The van der Waals surface area contributed by atoms with Crippen LogP contribution in [-0.2, 0) is 4.79 Å². The van der Waals surface area contributed by atoms with E-state index in [1.165, 1.54) is 30.3 Å². The fourth-order valence-electron chi connectivity index (χ4n) is 2.31. The molecule has 3 rings (SSSR count). The van der Waals surface area contributed by atoms with Gasteiger partial charge in [0.15, 0.2) is 0 Å². The fraction of sp³-hybridized carbons (Fsp3) is 0. The third kappa shape index (κ3) is 2.91. The van der Waals surface area contributed by atoms with Gasteiger partial charge in [0.2, 0.25) is 5.78 Å². The van der Waals surface area contributed by atoms with Gasteiger partial charge in [0.25, 0.3) is 5.91 Å². The molecule has 24 heavy (non-hydrogen) atoms. The van der Waals surface area contributed by atoms with Gasteiger partial charge in [-0.3, -0.25) is 9.59 Å². The zero-order valence-corrected chi connectivity index (χ0v) is 13.5. The van der Waals surface area contributed by atoms with E-state index in [1.807, 2.05) is 0 Å². The molecule has 1 heterocycles. The zero-order valence-electron chi connectivity index (χ0n) is 12.0. The molecule has 2 aromatic carbocycles. The largest absolute Gasteiger partial charge is 0.478 e. The Morgan fingerprint density at radius 3 is 2.46 bits per heavy atom. The first-order valence-corrected chi connectivity index (χ1v) is 7.52. The molecule has 1 amide bonds. The second-order valence-electron chi connectivity index (χ2n) is 5.08. The molecular formula is C17H9Cl2NO4. The second kappa shape index (κ2) is 6.11. The Hall–Kier alpha value is -2.63. The van der Waals surface area contributed by atoms with E-state index in [0.29, 0.717) is 15.6 Å². The number of anilines is 1. The van der Waals surface area contributed by atoms with Gasteiger partial charge >= 0.3 is 5.97 Å². The summed E-state index contributed by atoms with van der Waals surface area (Å²) in [7, 11) is 0. The fourth-order valence-corrected chi connectivity index (χ4v) is 2.62. The molecular weight excluding hydrogens is 353 g/mol. The average Bonchev–Trinajstić information content (AvgIpc) is 2.54. The summed E-state index contributed by atoms with van der Waals surface area (Å²) in [5.41, 5.74) is 0.790. The molecule has 0 aliphatic carbocycles. The molecule has 0 fully saturated rings. The molecule has 7 heteroatoms. The summed E-state index contributed by atoms with van der Waals surface area (Å²) in [6.07, 6.45) is 1.39. The molecule has 0 atom stereocenters. The maximum atomic E-state index is 12.6. The molecule has 2 aromatic rings. The number of Topliss-reactive ketones (excluding diaryl/α,β-unsaturated/α-hetero) is 1. The lowest BCUT2D eigenvalue weighted by Crippen LogP contribution is -2.27. The molecule has 0 spiro atoms. The van der Waals surface area contributed by atoms with E-state index < -0.39 is 17.7 Å². The van der Waals surface area contributed by atoms with E-state index in [-0.39, 0.29) is 22.4 Å². The summed E-state index contributed by atoms with van der Waals surface area (Å²) < 4.78 is 0. The van der Waals surface area contributed by atoms with Crippen molar-refractivity contribution in [1.29, 1.82) is 0 Å². The van der Waals surface area contributed by atoms with Gasteiger partial charge in [-0.25, -0.2) is 4.79 Å². The summed E-state index contributed by atoms with van der Waals surface area (Å²) in [4.78, 5) is 35.8. The summed E-state index contributed by atoms with van der Waals surface area (Å²) in [6.45, 7) is 0. The Morgan fingerprint density at radius 1 is 1.04 bits per heavy atom. The van der Waals surface area contributed by atoms with Gasteiger partial charge in [-0.15, -0.1) is 0 Å². The number of carboxylic acids is 1. The van der Waals surface area contributed by atoms with Crippen molar-refractivity contribution < 1.29 is 19.5 Å². The minimum absolute atomic E-state index is 0.0351. The Balaban J connectivity index is 2.07. The Morgan fingerprint density at radius 2 is 1.79 bits per heavy atom. The number of carbonyl (C=O) groups excluding carboxylic acids is 2. The molecule has 0 bridgehead atoms. The number of fused-ring (bicyclic) bond motifs is 1. The number of aromatic carboxylic acids is 1. The Labute approximate surface area is 146 Å². The Bertz CT molecular complexity index is 934. The first-order chi connectivity index (χ1) is 11.4. The number of nitrogens with one attached hydrogen (secondary N) is 1. The number of hydrogen-bond donors (Lipinski definition) is 2. The van der Waals surface area contributed by atoms with Crippen molar-refractivity contribution in [1.82, 2.24) is 0 Å². The average molecular weight is 362 g/mol. The number of benzene rings is 2. The molecule has 120 valence electrons. The molecule has 1 aliphatic heterocycles. The minimum Gasteiger partial charge on any atom is -0.478 e. The smallest absolute Gasteiger partial charge is 0.335 e. The van der Waals surface area contributed by atoms with Crippen LogP contribution in [0.5, 0.6) is 0 Å².